The molecule has 0 saturated carbocycles. The number of aliphatic carboxylic acids is 1. The van der Waals surface area contributed by atoms with Gasteiger partial charge in [-0.05, 0) is 12.3 Å². The van der Waals surface area contributed by atoms with Crippen molar-refractivity contribution in [2.75, 3.05) is 6.61 Å². The summed E-state index contributed by atoms with van der Waals surface area (Å²) >= 11 is 0. The number of carbonyl (C=O) groups excluding carboxylic acids is 1. The number of urea groups is 1. The van der Waals surface area contributed by atoms with Crippen LogP contribution < -0.4 is 10.8 Å². The average molecular weight is 218 g/mol. The van der Waals surface area contributed by atoms with E-state index in [1.54, 1.807) is 0 Å². The zero-order chi connectivity index (χ0) is 12.1. The number of amides is 2. The first-order chi connectivity index (χ1) is 6.73. The minimum Gasteiger partial charge on any atom is -0.479 e. The Kier molecular flexibility index (Phi) is 5.07. The molecule has 0 aromatic carbocycles. The van der Waals surface area contributed by atoms with Crippen molar-refractivity contribution >= 4 is 12.0 Å². The number of hydrogen-bond acceptors (Lipinski definition) is 3. The van der Waals surface area contributed by atoms with Crippen LogP contribution in [0.3, 0.4) is 0 Å². The van der Waals surface area contributed by atoms with Crippen molar-refractivity contribution in [2.45, 2.75) is 33.7 Å². The number of hydrogen-bond donors (Lipinski definition) is 3. The maximum atomic E-state index is 11.1. The van der Waals surface area contributed by atoms with Crippen LogP contribution in [0.25, 0.3) is 0 Å². The summed E-state index contributed by atoms with van der Waals surface area (Å²) in [6, 6.07) is -0.593. The van der Waals surface area contributed by atoms with E-state index in [1.807, 2.05) is 33.2 Å². The van der Waals surface area contributed by atoms with Gasteiger partial charge >= 0.3 is 12.0 Å². The number of carboxylic acid groups (broad SMARTS) is 1. The number of carboxylic acids is 1. The van der Waals surface area contributed by atoms with Gasteiger partial charge in [0.2, 0.25) is 0 Å². The summed E-state index contributed by atoms with van der Waals surface area (Å²) in [5.41, 5.74) is 1.92. The molecule has 0 spiro atoms. The highest BCUT2D eigenvalue weighted by atomic mass is 16.7. The molecular formula is C9H18N2O4. The Morgan fingerprint density at radius 2 is 1.93 bits per heavy atom. The Labute approximate surface area is 88.9 Å². The smallest absolute Gasteiger partial charge is 0.338 e. The summed E-state index contributed by atoms with van der Waals surface area (Å²) in [5, 5.41) is 10.9. The molecule has 88 valence electrons. The third kappa shape index (κ3) is 6.73. The predicted molar refractivity (Wildman–Crippen MR) is 54.2 cm³/mol. The molecule has 1 atom stereocenters. The second-order valence-corrected chi connectivity index (χ2v) is 4.35. The quantitative estimate of drug-likeness (QED) is 0.607. The lowest BCUT2D eigenvalue weighted by atomic mass is 9.88. The van der Waals surface area contributed by atoms with Crippen LogP contribution in [0, 0.1) is 5.41 Å². The zero-order valence-electron chi connectivity index (χ0n) is 9.46. The van der Waals surface area contributed by atoms with Crippen LogP contribution in [0.1, 0.15) is 27.7 Å². The third-order valence-electron chi connectivity index (χ3n) is 2.01. The van der Waals surface area contributed by atoms with Crippen molar-refractivity contribution in [3.8, 4) is 0 Å². The van der Waals surface area contributed by atoms with E-state index in [2.05, 4.69) is 10.2 Å². The van der Waals surface area contributed by atoms with Gasteiger partial charge in [0.1, 0.15) is 0 Å². The SMILES string of the molecule is CC(NC(=O)NOCC(=O)O)C(C)(C)C. The maximum absolute atomic E-state index is 11.1. The number of rotatable bonds is 4. The summed E-state index contributed by atoms with van der Waals surface area (Å²) in [5.74, 6) is -1.14. The van der Waals surface area contributed by atoms with Crippen molar-refractivity contribution in [1.82, 2.24) is 10.8 Å². The van der Waals surface area contributed by atoms with Gasteiger partial charge in [-0.15, -0.1) is 0 Å². The van der Waals surface area contributed by atoms with Crippen LogP contribution in [0.5, 0.6) is 0 Å². The lowest BCUT2D eigenvalue weighted by Crippen LogP contribution is -2.46. The fourth-order valence-corrected chi connectivity index (χ4v) is 0.606. The van der Waals surface area contributed by atoms with Gasteiger partial charge in [0.05, 0.1) is 0 Å². The summed E-state index contributed by atoms with van der Waals surface area (Å²) in [6.07, 6.45) is 0. The fourth-order valence-electron chi connectivity index (χ4n) is 0.606. The molecule has 0 radical (unpaired) electrons. The molecule has 0 aromatic rings. The number of nitrogens with one attached hydrogen (secondary N) is 2. The Hall–Kier alpha value is -1.30. The van der Waals surface area contributed by atoms with Gasteiger partial charge < -0.3 is 10.4 Å². The molecule has 15 heavy (non-hydrogen) atoms. The molecule has 0 aliphatic heterocycles. The first-order valence-electron chi connectivity index (χ1n) is 4.63. The molecule has 6 heteroatoms. The van der Waals surface area contributed by atoms with Crippen LogP contribution in [0.15, 0.2) is 0 Å². The molecule has 0 aromatic heterocycles. The predicted octanol–water partition coefficient (Wildman–Crippen LogP) is 0.736. The Bertz CT molecular complexity index is 235. The molecule has 0 bridgehead atoms. The Morgan fingerprint density at radius 1 is 1.40 bits per heavy atom. The molecule has 0 saturated heterocycles. The zero-order valence-corrected chi connectivity index (χ0v) is 9.46. The van der Waals surface area contributed by atoms with Crippen LogP contribution in [-0.2, 0) is 9.63 Å². The van der Waals surface area contributed by atoms with Gasteiger partial charge in [0, 0.05) is 6.04 Å². The molecule has 3 N–H and O–H groups in total. The summed E-state index contributed by atoms with van der Waals surface area (Å²) in [4.78, 5) is 25.6. The number of carbonyl (C=O) groups is 2. The first-order valence-corrected chi connectivity index (χ1v) is 4.63. The molecule has 2 amide bonds. The largest absolute Gasteiger partial charge is 0.479 e. The highest BCUT2D eigenvalue weighted by molar-refractivity contribution is 5.73. The van der Waals surface area contributed by atoms with E-state index < -0.39 is 18.6 Å². The summed E-state index contributed by atoms with van der Waals surface area (Å²) < 4.78 is 0. The molecule has 1 unspecified atom stereocenters. The van der Waals surface area contributed by atoms with Gasteiger partial charge in [-0.2, -0.15) is 0 Å². The van der Waals surface area contributed by atoms with E-state index in [-0.39, 0.29) is 11.5 Å². The maximum Gasteiger partial charge on any atom is 0.338 e. The van der Waals surface area contributed by atoms with Gasteiger partial charge in [0.25, 0.3) is 0 Å². The lowest BCUT2D eigenvalue weighted by molar-refractivity contribution is -0.144. The second-order valence-electron chi connectivity index (χ2n) is 4.35. The Balaban J connectivity index is 3.79. The van der Waals surface area contributed by atoms with Crippen molar-refractivity contribution in [3.63, 3.8) is 0 Å². The van der Waals surface area contributed by atoms with Crippen molar-refractivity contribution < 1.29 is 19.5 Å². The van der Waals surface area contributed by atoms with Gasteiger partial charge in [0.15, 0.2) is 6.61 Å². The highest BCUT2D eigenvalue weighted by Crippen LogP contribution is 2.18. The molecule has 6 nitrogen and oxygen atoms in total. The molecule has 0 aliphatic carbocycles. The molecule has 0 heterocycles. The minimum absolute atomic E-state index is 0.0501. The fraction of sp³-hybridized carbons (Fsp3) is 0.778. The van der Waals surface area contributed by atoms with Crippen LogP contribution >= 0.6 is 0 Å². The monoisotopic (exact) mass is 218 g/mol. The van der Waals surface area contributed by atoms with Gasteiger partial charge in [-0.25, -0.2) is 15.1 Å². The summed E-state index contributed by atoms with van der Waals surface area (Å²) in [7, 11) is 0. The van der Waals surface area contributed by atoms with Crippen LogP contribution in [0.4, 0.5) is 4.79 Å². The van der Waals surface area contributed by atoms with Crippen molar-refractivity contribution in [1.29, 1.82) is 0 Å². The van der Waals surface area contributed by atoms with E-state index in [1.165, 1.54) is 0 Å². The topological polar surface area (TPSA) is 87.7 Å². The number of hydroxylamine groups is 1. The third-order valence-corrected chi connectivity index (χ3v) is 2.01. The normalized spacial score (nSPS) is 13.1. The van der Waals surface area contributed by atoms with E-state index >= 15 is 0 Å². The molecule has 0 fully saturated rings. The van der Waals surface area contributed by atoms with Crippen LogP contribution in [-0.4, -0.2) is 29.8 Å². The average Bonchev–Trinajstić information content (AvgIpc) is 2.01. The van der Waals surface area contributed by atoms with E-state index in [9.17, 15) is 9.59 Å². The van der Waals surface area contributed by atoms with Crippen molar-refractivity contribution in [2.24, 2.45) is 5.41 Å². The molecular weight excluding hydrogens is 200 g/mol. The van der Waals surface area contributed by atoms with E-state index in [0.29, 0.717) is 0 Å². The van der Waals surface area contributed by atoms with Gasteiger partial charge in [-0.1, -0.05) is 20.8 Å². The van der Waals surface area contributed by atoms with E-state index in [4.69, 9.17) is 5.11 Å². The van der Waals surface area contributed by atoms with Crippen LogP contribution in [0.2, 0.25) is 0 Å². The Morgan fingerprint density at radius 3 is 2.33 bits per heavy atom. The van der Waals surface area contributed by atoms with E-state index in [0.717, 1.165) is 0 Å². The van der Waals surface area contributed by atoms with Gasteiger partial charge in [-0.3, -0.25) is 4.84 Å². The highest BCUT2D eigenvalue weighted by Gasteiger charge is 2.21. The van der Waals surface area contributed by atoms with Crippen molar-refractivity contribution in [3.05, 3.63) is 0 Å². The molecule has 0 rings (SSSR count). The molecule has 0 aliphatic rings. The standard InChI is InChI=1S/C9H18N2O4/c1-6(9(2,3)4)10-8(14)11-15-5-7(12)13/h6H,5H2,1-4H3,(H,12,13)(H2,10,11,14). The minimum atomic E-state index is -1.14. The second kappa shape index (κ2) is 5.55. The summed E-state index contributed by atoms with van der Waals surface area (Å²) in [6.45, 7) is 7.25. The first kappa shape index (κ1) is 13.7. The lowest BCUT2D eigenvalue weighted by Gasteiger charge is -2.27.